The van der Waals surface area contributed by atoms with Crippen molar-refractivity contribution in [2.75, 3.05) is 0 Å². The van der Waals surface area contributed by atoms with Crippen molar-refractivity contribution in [2.24, 2.45) is 0 Å². The van der Waals surface area contributed by atoms with Gasteiger partial charge >= 0.3 is 0 Å². The van der Waals surface area contributed by atoms with E-state index in [1.165, 1.54) is 6.26 Å². The van der Waals surface area contributed by atoms with Crippen molar-refractivity contribution < 1.29 is 4.52 Å². The molecule has 8 heavy (non-hydrogen) atoms. The monoisotopic (exact) mass is 108 g/mol. The van der Waals surface area contributed by atoms with Crippen molar-refractivity contribution in [2.45, 2.75) is 6.92 Å². The van der Waals surface area contributed by atoms with E-state index in [0.29, 0.717) is 5.69 Å². The number of aryl methyl sites for hydroxylation is 1. The third kappa shape index (κ3) is 0.562. The fraction of sp³-hybridized carbons (Fsp3) is 0.200. The quantitative estimate of drug-likeness (QED) is 0.495. The molecule has 0 radical (unpaired) electrons. The molecule has 0 amide bonds. The molecule has 0 unspecified atom stereocenters. The molecule has 1 heterocycles. The Balaban J connectivity index is 3.15. The highest BCUT2D eigenvalue weighted by Crippen LogP contribution is 2.00. The van der Waals surface area contributed by atoms with Crippen LogP contribution < -0.4 is 0 Å². The van der Waals surface area contributed by atoms with Crippen molar-refractivity contribution in [3.8, 4) is 6.07 Å². The largest absolute Gasteiger partial charge is 0.363 e. The van der Waals surface area contributed by atoms with Gasteiger partial charge in [-0.15, -0.1) is 0 Å². The molecule has 0 saturated heterocycles. The number of aromatic nitrogens is 1. The van der Waals surface area contributed by atoms with Crippen LogP contribution in [0.15, 0.2) is 10.8 Å². The summed E-state index contributed by atoms with van der Waals surface area (Å²) < 4.78 is 4.46. The molecular formula is C5H4N2O. The third-order valence-electron chi connectivity index (χ3n) is 0.853. The minimum Gasteiger partial charge on any atom is -0.363 e. The van der Waals surface area contributed by atoms with E-state index >= 15 is 0 Å². The summed E-state index contributed by atoms with van der Waals surface area (Å²) >= 11 is 0. The summed E-state index contributed by atoms with van der Waals surface area (Å²) in [6.07, 6.45) is 1.44. The molecule has 0 atom stereocenters. The Morgan fingerprint density at radius 1 is 1.88 bits per heavy atom. The van der Waals surface area contributed by atoms with Gasteiger partial charge in [0.15, 0.2) is 5.69 Å². The maximum Gasteiger partial charge on any atom is 0.186 e. The SMILES string of the molecule is Cc1conc1C#N. The zero-order valence-electron chi connectivity index (χ0n) is 4.38. The first kappa shape index (κ1) is 4.85. The Morgan fingerprint density at radius 3 is 2.88 bits per heavy atom. The van der Waals surface area contributed by atoms with Crippen LogP contribution in [0.5, 0.6) is 0 Å². The van der Waals surface area contributed by atoms with E-state index in [4.69, 9.17) is 5.26 Å². The van der Waals surface area contributed by atoms with Gasteiger partial charge in [-0.25, -0.2) is 0 Å². The van der Waals surface area contributed by atoms with Crippen LogP contribution in [-0.2, 0) is 0 Å². The van der Waals surface area contributed by atoms with Crippen LogP contribution in [0.2, 0.25) is 0 Å². The highest BCUT2D eigenvalue weighted by molar-refractivity contribution is 5.25. The summed E-state index contributed by atoms with van der Waals surface area (Å²) in [6.45, 7) is 1.77. The van der Waals surface area contributed by atoms with E-state index in [-0.39, 0.29) is 0 Å². The van der Waals surface area contributed by atoms with Gasteiger partial charge in [-0.1, -0.05) is 5.16 Å². The van der Waals surface area contributed by atoms with E-state index in [2.05, 4.69) is 9.68 Å². The number of nitriles is 1. The Kier molecular flexibility index (Phi) is 1.01. The van der Waals surface area contributed by atoms with Gasteiger partial charge in [0.05, 0.1) is 0 Å². The number of nitrogens with zero attached hydrogens (tertiary/aromatic N) is 2. The molecule has 0 N–H and O–H groups in total. The average Bonchev–Trinajstić information content (AvgIpc) is 2.14. The smallest absolute Gasteiger partial charge is 0.186 e. The predicted molar refractivity (Wildman–Crippen MR) is 26.0 cm³/mol. The zero-order chi connectivity index (χ0) is 5.98. The molecule has 0 saturated carbocycles. The fourth-order valence-electron chi connectivity index (χ4n) is 0.395. The van der Waals surface area contributed by atoms with Crippen LogP contribution in [-0.4, -0.2) is 5.16 Å². The third-order valence-corrected chi connectivity index (χ3v) is 0.853. The highest BCUT2D eigenvalue weighted by Gasteiger charge is 1.97. The normalized spacial score (nSPS) is 8.50. The van der Waals surface area contributed by atoms with E-state index < -0.39 is 0 Å². The molecule has 0 fully saturated rings. The highest BCUT2D eigenvalue weighted by atomic mass is 16.5. The lowest BCUT2D eigenvalue weighted by atomic mass is 10.3. The van der Waals surface area contributed by atoms with E-state index in [0.717, 1.165) is 5.56 Å². The number of rotatable bonds is 0. The van der Waals surface area contributed by atoms with Gasteiger partial charge in [-0.05, 0) is 6.92 Å². The van der Waals surface area contributed by atoms with Crippen molar-refractivity contribution >= 4 is 0 Å². The van der Waals surface area contributed by atoms with Crippen LogP contribution in [0.3, 0.4) is 0 Å². The zero-order valence-corrected chi connectivity index (χ0v) is 4.38. The van der Waals surface area contributed by atoms with Crippen LogP contribution in [0.4, 0.5) is 0 Å². The molecule has 0 aliphatic carbocycles. The molecular weight excluding hydrogens is 104 g/mol. The molecule has 1 aromatic rings. The van der Waals surface area contributed by atoms with E-state index in [9.17, 15) is 0 Å². The molecule has 1 rings (SSSR count). The van der Waals surface area contributed by atoms with Gasteiger partial charge < -0.3 is 4.52 Å². The lowest BCUT2D eigenvalue weighted by Gasteiger charge is -1.71. The summed E-state index contributed by atoms with van der Waals surface area (Å²) in [5.74, 6) is 0. The molecule has 0 aromatic carbocycles. The maximum absolute atomic E-state index is 8.23. The molecule has 0 bridgehead atoms. The van der Waals surface area contributed by atoms with Crippen molar-refractivity contribution in [3.05, 3.63) is 17.5 Å². The van der Waals surface area contributed by atoms with Gasteiger partial charge in [-0.3, -0.25) is 0 Å². The average molecular weight is 108 g/mol. The first-order valence-electron chi connectivity index (χ1n) is 2.15. The van der Waals surface area contributed by atoms with E-state index in [1.54, 1.807) is 6.92 Å². The molecule has 0 aliphatic rings. The maximum atomic E-state index is 8.23. The predicted octanol–water partition coefficient (Wildman–Crippen LogP) is 0.855. The van der Waals surface area contributed by atoms with Crippen LogP contribution in [0, 0.1) is 18.3 Å². The minimum absolute atomic E-state index is 0.366. The second-order valence-corrected chi connectivity index (χ2v) is 1.46. The van der Waals surface area contributed by atoms with Gasteiger partial charge in [-0.2, -0.15) is 5.26 Å². The minimum atomic E-state index is 0.366. The molecule has 1 aromatic heterocycles. The standard InChI is InChI=1S/C5H4N2O/c1-4-3-8-7-5(4)2-6/h3H,1H3. The van der Waals surface area contributed by atoms with Crippen LogP contribution >= 0.6 is 0 Å². The second-order valence-electron chi connectivity index (χ2n) is 1.46. The number of hydrogen-bond donors (Lipinski definition) is 0. The van der Waals surface area contributed by atoms with E-state index in [1.807, 2.05) is 6.07 Å². The summed E-state index contributed by atoms with van der Waals surface area (Å²) in [6, 6.07) is 1.87. The Bertz CT molecular complexity index is 221. The summed E-state index contributed by atoms with van der Waals surface area (Å²) in [5, 5.41) is 11.6. The van der Waals surface area contributed by atoms with Crippen molar-refractivity contribution in [3.63, 3.8) is 0 Å². The lowest BCUT2D eigenvalue weighted by molar-refractivity contribution is 0.417. The van der Waals surface area contributed by atoms with Gasteiger partial charge in [0.25, 0.3) is 0 Å². The van der Waals surface area contributed by atoms with Gasteiger partial charge in [0.1, 0.15) is 12.3 Å². The number of hydrogen-bond acceptors (Lipinski definition) is 3. The van der Waals surface area contributed by atoms with Crippen molar-refractivity contribution in [1.82, 2.24) is 5.16 Å². The summed E-state index contributed by atoms with van der Waals surface area (Å²) in [7, 11) is 0. The molecule has 3 nitrogen and oxygen atoms in total. The Labute approximate surface area is 46.5 Å². The fourth-order valence-corrected chi connectivity index (χ4v) is 0.395. The first-order chi connectivity index (χ1) is 3.84. The second kappa shape index (κ2) is 1.66. The molecule has 3 heteroatoms. The Morgan fingerprint density at radius 2 is 2.62 bits per heavy atom. The van der Waals surface area contributed by atoms with Crippen LogP contribution in [0.1, 0.15) is 11.3 Å². The van der Waals surface area contributed by atoms with Gasteiger partial charge in [0, 0.05) is 5.56 Å². The lowest BCUT2D eigenvalue weighted by Crippen LogP contribution is -1.72. The summed E-state index contributed by atoms with van der Waals surface area (Å²) in [4.78, 5) is 0. The topological polar surface area (TPSA) is 49.8 Å². The van der Waals surface area contributed by atoms with Crippen molar-refractivity contribution in [1.29, 1.82) is 5.26 Å². The summed E-state index contributed by atoms with van der Waals surface area (Å²) in [5.41, 5.74) is 1.15. The first-order valence-corrected chi connectivity index (χ1v) is 2.15. The van der Waals surface area contributed by atoms with Crippen LogP contribution in [0.25, 0.3) is 0 Å². The molecule has 0 spiro atoms. The molecule has 0 aliphatic heterocycles. The Hall–Kier alpha value is -1.30. The molecule has 40 valence electrons. The van der Waals surface area contributed by atoms with Gasteiger partial charge in [0.2, 0.25) is 0 Å².